The Labute approximate surface area is 110 Å². The highest BCUT2D eigenvalue weighted by atomic mass is 79.9. The maximum absolute atomic E-state index is 6.38. The van der Waals surface area contributed by atoms with Crippen LogP contribution in [0.2, 0.25) is 0 Å². The molecular formula is C13H18BrNS. The highest BCUT2D eigenvalue weighted by Crippen LogP contribution is 2.57. The molecule has 0 aliphatic heterocycles. The van der Waals surface area contributed by atoms with E-state index in [0.717, 1.165) is 24.2 Å². The van der Waals surface area contributed by atoms with E-state index in [2.05, 4.69) is 27.4 Å². The number of nitrogens with two attached hydrogens (primary N) is 1. The summed E-state index contributed by atoms with van der Waals surface area (Å²) in [6, 6.07) is 2.52. The molecule has 2 N–H and O–H groups in total. The van der Waals surface area contributed by atoms with Gasteiger partial charge in [0, 0.05) is 15.4 Å². The molecule has 0 spiro atoms. The molecule has 0 radical (unpaired) electrons. The molecule has 2 fully saturated rings. The molecule has 3 unspecified atom stereocenters. The molecular weight excluding hydrogens is 282 g/mol. The SMILES string of the molecule is NC(Cc1sccc1Br)C1C2CCCCC21. The van der Waals surface area contributed by atoms with Crippen LogP contribution < -0.4 is 5.73 Å². The first kappa shape index (κ1) is 11.2. The number of halogens is 1. The van der Waals surface area contributed by atoms with Crippen LogP contribution in [0.5, 0.6) is 0 Å². The molecule has 0 aromatic carbocycles. The summed E-state index contributed by atoms with van der Waals surface area (Å²) in [6.07, 6.45) is 6.82. The maximum Gasteiger partial charge on any atom is 0.0314 e. The summed E-state index contributed by atoms with van der Waals surface area (Å²) in [5, 5.41) is 2.14. The van der Waals surface area contributed by atoms with Crippen molar-refractivity contribution in [1.82, 2.24) is 0 Å². The van der Waals surface area contributed by atoms with Gasteiger partial charge in [-0.25, -0.2) is 0 Å². The van der Waals surface area contributed by atoms with Gasteiger partial charge in [-0.1, -0.05) is 12.8 Å². The van der Waals surface area contributed by atoms with Crippen molar-refractivity contribution in [2.75, 3.05) is 0 Å². The van der Waals surface area contributed by atoms with Crippen LogP contribution in [0, 0.1) is 17.8 Å². The van der Waals surface area contributed by atoms with Crippen molar-refractivity contribution in [1.29, 1.82) is 0 Å². The molecule has 2 aliphatic carbocycles. The van der Waals surface area contributed by atoms with E-state index in [1.165, 1.54) is 35.0 Å². The highest BCUT2D eigenvalue weighted by Gasteiger charge is 2.52. The zero-order valence-electron chi connectivity index (χ0n) is 9.36. The van der Waals surface area contributed by atoms with Crippen LogP contribution >= 0.6 is 27.3 Å². The number of thiophene rings is 1. The van der Waals surface area contributed by atoms with Crippen LogP contribution in [0.1, 0.15) is 30.6 Å². The van der Waals surface area contributed by atoms with Crippen molar-refractivity contribution >= 4 is 27.3 Å². The Hall–Kier alpha value is 0.140. The van der Waals surface area contributed by atoms with Crippen LogP contribution in [0.15, 0.2) is 15.9 Å². The van der Waals surface area contributed by atoms with Crippen molar-refractivity contribution in [2.24, 2.45) is 23.5 Å². The van der Waals surface area contributed by atoms with Gasteiger partial charge in [0.05, 0.1) is 0 Å². The van der Waals surface area contributed by atoms with Crippen LogP contribution in [0.4, 0.5) is 0 Å². The normalized spacial score (nSPS) is 34.5. The molecule has 16 heavy (non-hydrogen) atoms. The monoisotopic (exact) mass is 299 g/mol. The minimum atomic E-state index is 0.392. The van der Waals surface area contributed by atoms with E-state index < -0.39 is 0 Å². The lowest BCUT2D eigenvalue weighted by molar-refractivity contribution is 0.480. The molecule has 0 amide bonds. The zero-order valence-corrected chi connectivity index (χ0v) is 11.8. The Balaban J connectivity index is 1.62. The third-order valence-electron chi connectivity index (χ3n) is 4.33. The molecule has 0 bridgehead atoms. The topological polar surface area (TPSA) is 26.0 Å². The van der Waals surface area contributed by atoms with Gasteiger partial charge in [0.25, 0.3) is 0 Å². The van der Waals surface area contributed by atoms with Gasteiger partial charge in [0.15, 0.2) is 0 Å². The van der Waals surface area contributed by atoms with E-state index >= 15 is 0 Å². The first-order valence-electron chi connectivity index (χ1n) is 6.25. The second-order valence-electron chi connectivity index (χ2n) is 5.25. The fraction of sp³-hybridized carbons (Fsp3) is 0.692. The Morgan fingerprint density at radius 1 is 1.38 bits per heavy atom. The van der Waals surface area contributed by atoms with E-state index in [4.69, 9.17) is 5.73 Å². The van der Waals surface area contributed by atoms with E-state index in [1.807, 2.05) is 11.3 Å². The van der Waals surface area contributed by atoms with Crippen LogP contribution in [-0.2, 0) is 6.42 Å². The smallest absolute Gasteiger partial charge is 0.0314 e. The predicted molar refractivity (Wildman–Crippen MR) is 72.6 cm³/mol. The first-order chi connectivity index (χ1) is 7.77. The van der Waals surface area contributed by atoms with Gasteiger partial charge < -0.3 is 5.73 Å². The van der Waals surface area contributed by atoms with Crippen molar-refractivity contribution in [2.45, 2.75) is 38.1 Å². The lowest BCUT2D eigenvalue weighted by atomic mass is 10.0. The van der Waals surface area contributed by atoms with Crippen molar-refractivity contribution in [3.63, 3.8) is 0 Å². The lowest BCUT2D eigenvalue weighted by Crippen LogP contribution is -2.26. The molecule has 1 nitrogen and oxygen atoms in total. The molecule has 1 aromatic rings. The Morgan fingerprint density at radius 2 is 2.06 bits per heavy atom. The third-order valence-corrected chi connectivity index (χ3v) is 6.28. The van der Waals surface area contributed by atoms with E-state index in [9.17, 15) is 0 Å². The zero-order chi connectivity index (χ0) is 11.1. The van der Waals surface area contributed by atoms with E-state index in [0.29, 0.717) is 6.04 Å². The summed E-state index contributed by atoms with van der Waals surface area (Å²) in [5.74, 6) is 2.78. The maximum atomic E-state index is 6.38. The molecule has 3 rings (SSSR count). The number of rotatable bonds is 3. The molecule has 3 heteroatoms. The predicted octanol–water partition coefficient (Wildman–Crippen LogP) is 3.82. The van der Waals surface area contributed by atoms with Gasteiger partial charge in [-0.15, -0.1) is 11.3 Å². The number of fused-ring (bicyclic) bond motifs is 1. The van der Waals surface area contributed by atoms with Gasteiger partial charge in [-0.05, 0) is 64.4 Å². The van der Waals surface area contributed by atoms with Gasteiger partial charge in [-0.3, -0.25) is 0 Å². The van der Waals surface area contributed by atoms with E-state index in [1.54, 1.807) is 0 Å². The van der Waals surface area contributed by atoms with Gasteiger partial charge in [0.2, 0.25) is 0 Å². The second-order valence-corrected chi connectivity index (χ2v) is 7.10. The summed E-state index contributed by atoms with van der Waals surface area (Å²) < 4.78 is 1.25. The molecule has 88 valence electrons. The molecule has 2 saturated carbocycles. The van der Waals surface area contributed by atoms with Crippen LogP contribution in [0.25, 0.3) is 0 Å². The van der Waals surface area contributed by atoms with E-state index in [-0.39, 0.29) is 0 Å². The second kappa shape index (κ2) is 4.43. The minimum Gasteiger partial charge on any atom is -0.327 e. The fourth-order valence-electron chi connectivity index (χ4n) is 3.50. The largest absolute Gasteiger partial charge is 0.327 e. The molecule has 0 saturated heterocycles. The minimum absolute atomic E-state index is 0.392. The molecule has 3 atom stereocenters. The van der Waals surface area contributed by atoms with Crippen LogP contribution in [0.3, 0.4) is 0 Å². The van der Waals surface area contributed by atoms with Crippen LogP contribution in [-0.4, -0.2) is 6.04 Å². The molecule has 1 aromatic heterocycles. The summed E-state index contributed by atoms with van der Waals surface area (Å²) in [7, 11) is 0. The fourth-order valence-corrected chi connectivity index (χ4v) is 5.09. The first-order valence-corrected chi connectivity index (χ1v) is 7.92. The summed E-state index contributed by atoms with van der Waals surface area (Å²) >= 11 is 5.43. The summed E-state index contributed by atoms with van der Waals surface area (Å²) in [4.78, 5) is 1.43. The number of hydrogen-bond acceptors (Lipinski definition) is 2. The summed E-state index contributed by atoms with van der Waals surface area (Å²) in [5.41, 5.74) is 6.38. The standard InChI is InChI=1S/C13H18BrNS/c14-10-5-6-16-12(10)7-11(15)13-8-3-1-2-4-9(8)13/h5-6,8-9,11,13H,1-4,7,15H2. The van der Waals surface area contributed by atoms with Gasteiger partial charge >= 0.3 is 0 Å². The van der Waals surface area contributed by atoms with Crippen molar-refractivity contribution in [3.05, 3.63) is 20.8 Å². The molecule has 2 aliphatic rings. The lowest BCUT2D eigenvalue weighted by Gasteiger charge is -2.10. The number of hydrogen-bond donors (Lipinski definition) is 1. The Kier molecular flexibility index (Phi) is 3.11. The Morgan fingerprint density at radius 3 is 2.62 bits per heavy atom. The highest BCUT2D eigenvalue weighted by molar-refractivity contribution is 9.10. The van der Waals surface area contributed by atoms with Gasteiger partial charge in [0.1, 0.15) is 0 Å². The average Bonchev–Trinajstić information content (AvgIpc) is 2.90. The third kappa shape index (κ3) is 1.98. The average molecular weight is 300 g/mol. The van der Waals surface area contributed by atoms with Gasteiger partial charge in [-0.2, -0.15) is 0 Å². The molecule has 1 heterocycles. The van der Waals surface area contributed by atoms with Crippen molar-refractivity contribution in [3.8, 4) is 0 Å². The summed E-state index contributed by atoms with van der Waals surface area (Å²) in [6.45, 7) is 0. The quantitative estimate of drug-likeness (QED) is 0.902. The Bertz CT molecular complexity index is 364. The van der Waals surface area contributed by atoms with Crippen molar-refractivity contribution < 1.29 is 0 Å².